The van der Waals surface area contributed by atoms with Crippen molar-refractivity contribution in [1.82, 2.24) is 5.32 Å². The SMILES string of the molecule is Cc1c(O)ccc2c(CNCCc3ccc(C(F)(F)F)cc3)cc(=O)oc12. The van der Waals surface area contributed by atoms with Crippen molar-refractivity contribution in [1.29, 1.82) is 0 Å². The normalized spacial score (nSPS) is 11.9. The average Bonchev–Trinajstić information content (AvgIpc) is 2.62. The fourth-order valence-electron chi connectivity index (χ4n) is 2.88. The van der Waals surface area contributed by atoms with Gasteiger partial charge in [0.1, 0.15) is 11.3 Å². The summed E-state index contributed by atoms with van der Waals surface area (Å²) in [4.78, 5) is 11.8. The molecule has 0 spiro atoms. The summed E-state index contributed by atoms with van der Waals surface area (Å²) in [6.07, 6.45) is -3.78. The van der Waals surface area contributed by atoms with E-state index in [0.717, 1.165) is 28.6 Å². The molecule has 3 rings (SSSR count). The van der Waals surface area contributed by atoms with E-state index in [2.05, 4.69) is 5.32 Å². The van der Waals surface area contributed by atoms with Crippen LogP contribution in [0.15, 0.2) is 51.7 Å². The second-order valence-electron chi connectivity index (χ2n) is 6.30. The van der Waals surface area contributed by atoms with Gasteiger partial charge in [-0.25, -0.2) is 4.79 Å². The third kappa shape index (κ3) is 4.31. The van der Waals surface area contributed by atoms with Gasteiger partial charge < -0.3 is 14.8 Å². The molecule has 0 saturated carbocycles. The van der Waals surface area contributed by atoms with Gasteiger partial charge >= 0.3 is 11.8 Å². The Kier molecular flexibility index (Phi) is 5.23. The summed E-state index contributed by atoms with van der Waals surface area (Å²) in [5.41, 5.74) is 1.19. The minimum atomic E-state index is -4.33. The number of halogens is 3. The van der Waals surface area contributed by atoms with Crippen LogP contribution in [0.3, 0.4) is 0 Å². The summed E-state index contributed by atoms with van der Waals surface area (Å²) in [6, 6.07) is 9.69. The Morgan fingerprint density at radius 3 is 2.48 bits per heavy atom. The third-order valence-corrected chi connectivity index (χ3v) is 4.41. The summed E-state index contributed by atoms with van der Waals surface area (Å²) >= 11 is 0. The zero-order valence-electron chi connectivity index (χ0n) is 14.6. The molecule has 1 aromatic heterocycles. The molecule has 0 bridgehead atoms. The summed E-state index contributed by atoms with van der Waals surface area (Å²) in [5, 5.41) is 13.7. The zero-order valence-corrected chi connectivity index (χ0v) is 14.6. The molecule has 0 unspecified atom stereocenters. The van der Waals surface area contributed by atoms with E-state index in [4.69, 9.17) is 4.42 Å². The molecule has 4 nitrogen and oxygen atoms in total. The molecule has 0 amide bonds. The lowest BCUT2D eigenvalue weighted by atomic mass is 10.1. The van der Waals surface area contributed by atoms with Crippen LogP contribution in [0, 0.1) is 6.92 Å². The first-order valence-corrected chi connectivity index (χ1v) is 8.38. The van der Waals surface area contributed by atoms with Crippen LogP contribution >= 0.6 is 0 Å². The Balaban J connectivity index is 1.66. The highest BCUT2D eigenvalue weighted by atomic mass is 19.4. The summed E-state index contributed by atoms with van der Waals surface area (Å²) in [7, 11) is 0. The number of benzene rings is 2. The standard InChI is InChI=1S/C20H18F3NO3/c1-12-17(25)7-6-16-14(10-18(26)27-19(12)16)11-24-9-8-13-2-4-15(5-3-13)20(21,22)23/h2-7,10,24-25H,8-9,11H2,1H3. The van der Waals surface area contributed by atoms with E-state index < -0.39 is 17.4 Å². The van der Waals surface area contributed by atoms with Gasteiger partial charge in [-0.1, -0.05) is 12.1 Å². The molecule has 142 valence electrons. The monoisotopic (exact) mass is 377 g/mol. The van der Waals surface area contributed by atoms with Crippen LogP contribution in [0.25, 0.3) is 11.0 Å². The summed E-state index contributed by atoms with van der Waals surface area (Å²) in [5.74, 6) is 0.0538. The Morgan fingerprint density at radius 1 is 1.11 bits per heavy atom. The number of phenols is 1. The van der Waals surface area contributed by atoms with Crippen LogP contribution in [-0.4, -0.2) is 11.7 Å². The number of aromatic hydroxyl groups is 1. The summed E-state index contributed by atoms with van der Waals surface area (Å²) in [6.45, 7) is 2.60. The van der Waals surface area contributed by atoms with Crippen molar-refractivity contribution in [3.8, 4) is 5.75 Å². The lowest BCUT2D eigenvalue weighted by Gasteiger charge is -2.10. The number of hydrogen-bond acceptors (Lipinski definition) is 4. The molecule has 27 heavy (non-hydrogen) atoms. The lowest BCUT2D eigenvalue weighted by molar-refractivity contribution is -0.137. The maximum Gasteiger partial charge on any atom is 0.416 e. The molecule has 0 fully saturated rings. The van der Waals surface area contributed by atoms with Crippen molar-refractivity contribution in [2.75, 3.05) is 6.54 Å². The van der Waals surface area contributed by atoms with E-state index in [1.165, 1.54) is 18.2 Å². The number of nitrogens with one attached hydrogen (secondary N) is 1. The van der Waals surface area contributed by atoms with Gasteiger partial charge in [-0.15, -0.1) is 0 Å². The molecule has 0 radical (unpaired) electrons. The molecule has 2 N–H and O–H groups in total. The minimum absolute atomic E-state index is 0.0538. The van der Waals surface area contributed by atoms with Crippen molar-refractivity contribution in [3.05, 3.63) is 75.1 Å². The van der Waals surface area contributed by atoms with E-state index in [9.17, 15) is 23.1 Å². The number of aryl methyl sites for hydroxylation is 1. The smallest absolute Gasteiger partial charge is 0.416 e. The van der Waals surface area contributed by atoms with Crippen molar-refractivity contribution < 1.29 is 22.7 Å². The molecule has 0 aliphatic carbocycles. The molecule has 0 saturated heterocycles. The predicted octanol–water partition coefficient (Wildman–Crippen LogP) is 4.16. The van der Waals surface area contributed by atoms with Crippen LogP contribution in [0.1, 0.15) is 22.3 Å². The average molecular weight is 377 g/mol. The predicted molar refractivity (Wildman–Crippen MR) is 95.7 cm³/mol. The topological polar surface area (TPSA) is 62.5 Å². The summed E-state index contributed by atoms with van der Waals surface area (Å²) < 4.78 is 42.9. The molecule has 3 aromatic rings. The zero-order chi connectivity index (χ0) is 19.6. The molecular formula is C20H18F3NO3. The molecule has 2 aromatic carbocycles. The molecule has 1 heterocycles. The maximum absolute atomic E-state index is 12.6. The first kappa shape index (κ1) is 19.0. The van der Waals surface area contributed by atoms with Gasteiger partial charge in [0, 0.05) is 23.6 Å². The van der Waals surface area contributed by atoms with Gasteiger partial charge in [0.2, 0.25) is 0 Å². The Hall–Kier alpha value is -2.80. The second-order valence-corrected chi connectivity index (χ2v) is 6.30. The van der Waals surface area contributed by atoms with E-state index in [1.807, 2.05) is 0 Å². The highest BCUT2D eigenvalue weighted by molar-refractivity contribution is 5.84. The van der Waals surface area contributed by atoms with Gasteiger partial charge in [0.25, 0.3) is 0 Å². The van der Waals surface area contributed by atoms with E-state index in [0.29, 0.717) is 30.7 Å². The minimum Gasteiger partial charge on any atom is -0.508 e. The first-order valence-electron chi connectivity index (χ1n) is 8.38. The van der Waals surface area contributed by atoms with E-state index >= 15 is 0 Å². The van der Waals surface area contributed by atoms with Crippen LogP contribution in [0.4, 0.5) is 13.2 Å². The van der Waals surface area contributed by atoms with Crippen molar-refractivity contribution in [2.24, 2.45) is 0 Å². The number of rotatable bonds is 5. The van der Waals surface area contributed by atoms with Crippen LogP contribution in [-0.2, 0) is 19.1 Å². The van der Waals surface area contributed by atoms with E-state index in [1.54, 1.807) is 19.1 Å². The molecular weight excluding hydrogens is 359 g/mol. The first-order chi connectivity index (χ1) is 12.8. The highest BCUT2D eigenvalue weighted by Gasteiger charge is 2.29. The van der Waals surface area contributed by atoms with Crippen LogP contribution in [0.5, 0.6) is 5.75 Å². The van der Waals surface area contributed by atoms with Crippen LogP contribution in [0.2, 0.25) is 0 Å². The molecule has 0 aliphatic heterocycles. The number of phenolic OH excluding ortho intramolecular Hbond substituents is 1. The van der Waals surface area contributed by atoms with Gasteiger partial charge in [-0.3, -0.25) is 0 Å². The van der Waals surface area contributed by atoms with Gasteiger partial charge in [-0.2, -0.15) is 13.2 Å². The Morgan fingerprint density at radius 2 is 1.81 bits per heavy atom. The highest BCUT2D eigenvalue weighted by Crippen LogP contribution is 2.29. The van der Waals surface area contributed by atoms with Crippen molar-refractivity contribution in [3.63, 3.8) is 0 Å². The number of hydrogen-bond donors (Lipinski definition) is 2. The quantitative estimate of drug-likeness (QED) is 0.518. The number of fused-ring (bicyclic) bond motifs is 1. The number of alkyl halides is 3. The van der Waals surface area contributed by atoms with Gasteiger partial charge in [0.15, 0.2) is 0 Å². The van der Waals surface area contributed by atoms with Crippen LogP contribution < -0.4 is 10.9 Å². The molecule has 7 heteroatoms. The second kappa shape index (κ2) is 7.44. The third-order valence-electron chi connectivity index (χ3n) is 4.41. The largest absolute Gasteiger partial charge is 0.508 e. The van der Waals surface area contributed by atoms with Gasteiger partial charge in [-0.05, 0) is 55.3 Å². The van der Waals surface area contributed by atoms with E-state index in [-0.39, 0.29) is 5.75 Å². The Labute approximate surface area is 153 Å². The van der Waals surface area contributed by atoms with Crippen molar-refractivity contribution >= 4 is 11.0 Å². The van der Waals surface area contributed by atoms with Gasteiger partial charge in [0.05, 0.1) is 5.56 Å². The maximum atomic E-state index is 12.6. The lowest BCUT2D eigenvalue weighted by Crippen LogP contribution is -2.18. The molecule has 0 atom stereocenters. The molecule has 0 aliphatic rings. The fraction of sp³-hybridized carbons (Fsp3) is 0.250. The fourth-order valence-corrected chi connectivity index (χ4v) is 2.88. The van der Waals surface area contributed by atoms with Crippen molar-refractivity contribution in [2.45, 2.75) is 26.1 Å². The Bertz CT molecular complexity index is 1010.